The maximum absolute atomic E-state index is 13.3. The third-order valence-electron chi connectivity index (χ3n) is 2.13. The molecule has 0 fully saturated rings. The first-order valence-electron chi connectivity index (χ1n) is 4.66. The van der Waals surface area contributed by atoms with Crippen molar-refractivity contribution in [3.05, 3.63) is 40.5 Å². The molecular formula is C11H8F4O2. The number of carboxylic acids is 1. The molecule has 0 aliphatic carbocycles. The summed E-state index contributed by atoms with van der Waals surface area (Å²) in [5.74, 6) is -7.69. The zero-order chi connectivity index (χ0) is 13.2. The standard InChI is InChI=1S/C11H8F4O2/c1-2-5-8(12)10(14)6(3-4-7(16)17)11(15)9(5)13/h3-4H,2H2,1H3,(H,16,17)/b4-3+. The molecule has 92 valence electrons. The lowest BCUT2D eigenvalue weighted by molar-refractivity contribution is -0.131. The van der Waals surface area contributed by atoms with Crippen LogP contribution in [0.2, 0.25) is 0 Å². The van der Waals surface area contributed by atoms with E-state index in [1.54, 1.807) is 0 Å². The molecule has 0 saturated carbocycles. The van der Waals surface area contributed by atoms with Crippen LogP contribution in [0, 0.1) is 23.3 Å². The highest BCUT2D eigenvalue weighted by atomic mass is 19.2. The fourth-order valence-corrected chi connectivity index (χ4v) is 1.31. The van der Waals surface area contributed by atoms with Crippen molar-refractivity contribution < 1.29 is 27.5 Å². The fourth-order valence-electron chi connectivity index (χ4n) is 1.31. The van der Waals surface area contributed by atoms with Crippen LogP contribution in [-0.2, 0) is 11.2 Å². The first-order valence-corrected chi connectivity index (χ1v) is 4.66. The normalized spacial score (nSPS) is 11.1. The Kier molecular flexibility index (Phi) is 3.88. The monoisotopic (exact) mass is 248 g/mol. The zero-order valence-corrected chi connectivity index (χ0v) is 8.73. The molecular weight excluding hydrogens is 240 g/mol. The van der Waals surface area contributed by atoms with Gasteiger partial charge in [-0.2, -0.15) is 0 Å². The second kappa shape index (κ2) is 4.99. The van der Waals surface area contributed by atoms with Crippen LogP contribution in [-0.4, -0.2) is 11.1 Å². The minimum absolute atomic E-state index is 0.214. The van der Waals surface area contributed by atoms with Gasteiger partial charge >= 0.3 is 5.97 Å². The van der Waals surface area contributed by atoms with Crippen molar-refractivity contribution in [2.45, 2.75) is 13.3 Å². The molecule has 0 radical (unpaired) electrons. The van der Waals surface area contributed by atoms with Gasteiger partial charge in [0.2, 0.25) is 0 Å². The lowest BCUT2D eigenvalue weighted by atomic mass is 10.1. The Morgan fingerprint density at radius 1 is 1.12 bits per heavy atom. The maximum Gasteiger partial charge on any atom is 0.328 e. The maximum atomic E-state index is 13.3. The van der Waals surface area contributed by atoms with Crippen LogP contribution in [0.15, 0.2) is 6.08 Å². The van der Waals surface area contributed by atoms with Crippen LogP contribution >= 0.6 is 0 Å². The first-order chi connectivity index (χ1) is 7.90. The summed E-state index contributed by atoms with van der Waals surface area (Å²) in [5, 5.41) is 8.28. The molecule has 0 bridgehead atoms. The molecule has 0 aromatic heterocycles. The van der Waals surface area contributed by atoms with Crippen molar-refractivity contribution in [2.24, 2.45) is 0 Å². The third-order valence-corrected chi connectivity index (χ3v) is 2.13. The molecule has 0 spiro atoms. The summed E-state index contributed by atoms with van der Waals surface area (Å²) in [5.41, 5.74) is -1.74. The predicted molar refractivity (Wildman–Crippen MR) is 52.3 cm³/mol. The summed E-state index contributed by atoms with van der Waals surface area (Å²) in [6, 6.07) is 0. The van der Waals surface area contributed by atoms with Crippen molar-refractivity contribution >= 4 is 12.0 Å². The average Bonchev–Trinajstić information content (AvgIpc) is 2.27. The summed E-state index contributed by atoms with van der Waals surface area (Å²) in [4.78, 5) is 10.2. The molecule has 1 rings (SSSR count). The van der Waals surface area contributed by atoms with E-state index in [9.17, 15) is 22.4 Å². The Labute approximate surface area is 94.2 Å². The molecule has 0 amide bonds. The van der Waals surface area contributed by atoms with E-state index in [0.717, 1.165) is 0 Å². The van der Waals surface area contributed by atoms with E-state index in [1.807, 2.05) is 0 Å². The summed E-state index contributed by atoms with van der Waals surface area (Å²) in [6.07, 6.45) is 0.652. The smallest absolute Gasteiger partial charge is 0.328 e. The largest absolute Gasteiger partial charge is 0.478 e. The molecule has 6 heteroatoms. The molecule has 0 heterocycles. The number of rotatable bonds is 3. The van der Waals surface area contributed by atoms with E-state index in [4.69, 9.17) is 5.11 Å². The lowest BCUT2D eigenvalue weighted by Gasteiger charge is -2.07. The number of carboxylic acid groups (broad SMARTS) is 1. The van der Waals surface area contributed by atoms with Gasteiger partial charge in [-0.05, 0) is 12.5 Å². The van der Waals surface area contributed by atoms with Gasteiger partial charge in [-0.1, -0.05) is 6.92 Å². The van der Waals surface area contributed by atoms with Gasteiger partial charge in [0.25, 0.3) is 0 Å². The molecule has 1 aromatic carbocycles. The van der Waals surface area contributed by atoms with Gasteiger partial charge in [0.1, 0.15) is 0 Å². The summed E-state index contributed by atoms with van der Waals surface area (Å²) in [6.45, 7) is 1.34. The highest BCUT2D eigenvalue weighted by Gasteiger charge is 2.22. The van der Waals surface area contributed by atoms with Crippen molar-refractivity contribution in [1.29, 1.82) is 0 Å². The Balaban J connectivity index is 3.48. The van der Waals surface area contributed by atoms with Crippen LogP contribution in [0.5, 0.6) is 0 Å². The molecule has 1 N–H and O–H groups in total. The van der Waals surface area contributed by atoms with Gasteiger partial charge in [0.15, 0.2) is 23.3 Å². The number of halogens is 4. The van der Waals surface area contributed by atoms with E-state index in [1.165, 1.54) is 6.92 Å². The SMILES string of the molecule is CCc1c(F)c(F)c(/C=C/C(=O)O)c(F)c1F. The number of aliphatic carboxylic acids is 1. The zero-order valence-electron chi connectivity index (χ0n) is 8.73. The molecule has 2 nitrogen and oxygen atoms in total. The van der Waals surface area contributed by atoms with E-state index < -0.39 is 40.4 Å². The van der Waals surface area contributed by atoms with Crippen LogP contribution < -0.4 is 0 Å². The quantitative estimate of drug-likeness (QED) is 0.507. The first kappa shape index (κ1) is 13.2. The molecule has 1 aromatic rings. The third kappa shape index (κ3) is 2.46. The number of benzene rings is 1. The van der Waals surface area contributed by atoms with Crippen LogP contribution in [0.4, 0.5) is 17.6 Å². The van der Waals surface area contributed by atoms with Gasteiger partial charge in [0, 0.05) is 11.6 Å². The Morgan fingerprint density at radius 2 is 1.59 bits per heavy atom. The Morgan fingerprint density at radius 3 is 1.94 bits per heavy atom. The molecule has 0 saturated heterocycles. The minimum atomic E-state index is -1.60. The predicted octanol–water partition coefficient (Wildman–Crippen LogP) is 2.90. The number of hydrogen-bond donors (Lipinski definition) is 1. The summed E-state index contributed by atoms with van der Waals surface area (Å²) < 4.78 is 53.2. The molecule has 0 aliphatic heterocycles. The van der Waals surface area contributed by atoms with Crippen LogP contribution in [0.1, 0.15) is 18.1 Å². The van der Waals surface area contributed by atoms with E-state index >= 15 is 0 Å². The Hall–Kier alpha value is -1.85. The summed E-state index contributed by atoms with van der Waals surface area (Å²) in [7, 11) is 0. The highest BCUT2D eigenvalue weighted by molar-refractivity contribution is 5.85. The molecule has 0 atom stereocenters. The Bertz CT molecular complexity index is 466. The van der Waals surface area contributed by atoms with E-state index in [-0.39, 0.29) is 6.42 Å². The van der Waals surface area contributed by atoms with Crippen LogP contribution in [0.3, 0.4) is 0 Å². The second-order valence-electron chi connectivity index (χ2n) is 3.17. The van der Waals surface area contributed by atoms with Gasteiger partial charge in [0.05, 0.1) is 5.56 Å². The summed E-state index contributed by atoms with van der Waals surface area (Å²) >= 11 is 0. The van der Waals surface area contributed by atoms with Crippen molar-refractivity contribution in [2.75, 3.05) is 0 Å². The van der Waals surface area contributed by atoms with Gasteiger partial charge in [-0.25, -0.2) is 22.4 Å². The minimum Gasteiger partial charge on any atom is -0.478 e. The van der Waals surface area contributed by atoms with Crippen LogP contribution in [0.25, 0.3) is 6.08 Å². The van der Waals surface area contributed by atoms with Crippen molar-refractivity contribution in [3.63, 3.8) is 0 Å². The topological polar surface area (TPSA) is 37.3 Å². The number of hydrogen-bond acceptors (Lipinski definition) is 1. The lowest BCUT2D eigenvalue weighted by Crippen LogP contribution is -2.05. The highest BCUT2D eigenvalue weighted by Crippen LogP contribution is 2.25. The molecule has 17 heavy (non-hydrogen) atoms. The second-order valence-corrected chi connectivity index (χ2v) is 3.17. The van der Waals surface area contributed by atoms with Gasteiger partial charge < -0.3 is 5.11 Å². The average molecular weight is 248 g/mol. The van der Waals surface area contributed by atoms with Gasteiger partial charge in [-0.3, -0.25) is 0 Å². The van der Waals surface area contributed by atoms with E-state index in [0.29, 0.717) is 12.2 Å². The number of carbonyl (C=O) groups is 1. The molecule has 0 unspecified atom stereocenters. The van der Waals surface area contributed by atoms with Gasteiger partial charge in [-0.15, -0.1) is 0 Å². The van der Waals surface area contributed by atoms with Crippen molar-refractivity contribution in [3.8, 4) is 0 Å². The fraction of sp³-hybridized carbons (Fsp3) is 0.182. The molecule has 0 aliphatic rings. The van der Waals surface area contributed by atoms with E-state index in [2.05, 4.69) is 0 Å². The van der Waals surface area contributed by atoms with Crippen molar-refractivity contribution in [1.82, 2.24) is 0 Å².